The Bertz CT molecular complexity index is 522. The molecule has 2 N–H and O–H groups in total. The van der Waals surface area contributed by atoms with Crippen LogP contribution in [0.15, 0.2) is 18.2 Å². The molecule has 0 aliphatic carbocycles. The molecule has 20 heavy (non-hydrogen) atoms. The predicted molar refractivity (Wildman–Crippen MR) is 78.4 cm³/mol. The van der Waals surface area contributed by atoms with Gasteiger partial charge in [-0.25, -0.2) is 0 Å². The maximum absolute atomic E-state index is 12.3. The molecule has 1 aromatic rings. The van der Waals surface area contributed by atoms with E-state index in [4.69, 9.17) is 5.73 Å². The number of nitrogens with two attached hydrogens (primary N) is 1. The van der Waals surface area contributed by atoms with Crippen molar-refractivity contribution in [3.05, 3.63) is 29.3 Å². The Labute approximate surface area is 119 Å². The van der Waals surface area contributed by atoms with Crippen molar-refractivity contribution in [1.82, 2.24) is 9.80 Å². The molecule has 1 heterocycles. The number of likely N-dealkylation sites (N-methyl/N-ethyl adjacent to an activating group) is 1. The summed E-state index contributed by atoms with van der Waals surface area (Å²) in [5.74, 6) is -0.133. The Morgan fingerprint density at radius 2 is 1.95 bits per heavy atom. The van der Waals surface area contributed by atoms with Crippen LogP contribution in [0.5, 0.6) is 0 Å². The highest BCUT2D eigenvalue weighted by atomic mass is 16.2. The average Bonchev–Trinajstić information content (AvgIpc) is 2.95. The van der Waals surface area contributed by atoms with Crippen molar-refractivity contribution in [2.24, 2.45) is 0 Å². The molecule has 0 atom stereocenters. The van der Waals surface area contributed by atoms with Crippen molar-refractivity contribution in [3.63, 3.8) is 0 Å². The van der Waals surface area contributed by atoms with E-state index in [9.17, 15) is 9.59 Å². The number of carbonyl (C=O) groups excluding carboxylic acids is 2. The van der Waals surface area contributed by atoms with Gasteiger partial charge in [-0.3, -0.25) is 9.59 Å². The van der Waals surface area contributed by atoms with Crippen LogP contribution in [0.25, 0.3) is 0 Å². The summed E-state index contributed by atoms with van der Waals surface area (Å²) in [6, 6.07) is 5.18. The fourth-order valence-electron chi connectivity index (χ4n) is 2.37. The number of hydrogen-bond acceptors (Lipinski definition) is 3. The Balaban J connectivity index is 2.00. The standard InChI is InChI=1S/C15H21N3O2/c1-11-9-12(5-6-13(11)16)15(20)17(2)10-14(19)18-7-3-4-8-18/h5-6,9H,3-4,7-8,10,16H2,1-2H3. The number of amides is 2. The first-order valence-electron chi connectivity index (χ1n) is 6.88. The Morgan fingerprint density at radius 1 is 1.30 bits per heavy atom. The van der Waals surface area contributed by atoms with Gasteiger partial charge in [-0.05, 0) is 43.5 Å². The lowest BCUT2D eigenvalue weighted by molar-refractivity contribution is -0.130. The third-order valence-corrected chi connectivity index (χ3v) is 3.69. The lowest BCUT2D eigenvalue weighted by atomic mass is 10.1. The maximum Gasteiger partial charge on any atom is 0.254 e. The molecular weight excluding hydrogens is 254 g/mol. The van der Waals surface area contributed by atoms with Gasteiger partial charge in [-0.15, -0.1) is 0 Å². The van der Waals surface area contributed by atoms with Gasteiger partial charge >= 0.3 is 0 Å². The minimum atomic E-state index is -0.152. The first kappa shape index (κ1) is 14.4. The number of hydrogen-bond donors (Lipinski definition) is 1. The number of benzene rings is 1. The lowest BCUT2D eigenvalue weighted by Gasteiger charge is -2.21. The monoisotopic (exact) mass is 275 g/mol. The summed E-state index contributed by atoms with van der Waals surface area (Å²) in [6.07, 6.45) is 2.11. The molecule has 1 fully saturated rings. The van der Waals surface area contributed by atoms with Crippen molar-refractivity contribution in [2.75, 3.05) is 32.4 Å². The summed E-state index contributed by atoms with van der Waals surface area (Å²) in [7, 11) is 1.65. The summed E-state index contributed by atoms with van der Waals surface area (Å²) in [5.41, 5.74) is 7.84. The molecule has 2 rings (SSSR count). The van der Waals surface area contributed by atoms with Gasteiger partial charge in [-0.1, -0.05) is 0 Å². The fraction of sp³-hybridized carbons (Fsp3) is 0.467. The molecule has 5 nitrogen and oxygen atoms in total. The number of rotatable bonds is 3. The summed E-state index contributed by atoms with van der Waals surface area (Å²) >= 11 is 0. The third kappa shape index (κ3) is 3.10. The van der Waals surface area contributed by atoms with Gasteiger partial charge < -0.3 is 15.5 Å². The summed E-state index contributed by atoms with van der Waals surface area (Å²) in [6.45, 7) is 3.60. The molecule has 1 aromatic carbocycles. The summed E-state index contributed by atoms with van der Waals surface area (Å²) < 4.78 is 0. The number of nitrogen functional groups attached to an aromatic ring is 1. The molecule has 5 heteroatoms. The van der Waals surface area contributed by atoms with E-state index in [1.54, 1.807) is 25.2 Å². The van der Waals surface area contributed by atoms with E-state index in [0.717, 1.165) is 31.5 Å². The average molecular weight is 275 g/mol. The molecule has 0 aromatic heterocycles. The van der Waals surface area contributed by atoms with Gasteiger partial charge in [0.2, 0.25) is 5.91 Å². The van der Waals surface area contributed by atoms with Crippen LogP contribution in [0.3, 0.4) is 0 Å². The van der Waals surface area contributed by atoms with Crippen molar-refractivity contribution in [3.8, 4) is 0 Å². The number of carbonyl (C=O) groups is 2. The Kier molecular flexibility index (Phi) is 4.27. The fourth-order valence-corrected chi connectivity index (χ4v) is 2.37. The second-order valence-electron chi connectivity index (χ2n) is 5.32. The molecule has 0 bridgehead atoms. The molecule has 1 aliphatic rings. The smallest absolute Gasteiger partial charge is 0.254 e. The summed E-state index contributed by atoms with van der Waals surface area (Å²) in [4.78, 5) is 27.6. The van der Waals surface area contributed by atoms with Crippen molar-refractivity contribution >= 4 is 17.5 Å². The van der Waals surface area contributed by atoms with Crippen LogP contribution < -0.4 is 5.73 Å². The summed E-state index contributed by atoms with van der Waals surface area (Å²) in [5, 5.41) is 0. The van der Waals surface area contributed by atoms with E-state index in [2.05, 4.69) is 0 Å². The van der Waals surface area contributed by atoms with E-state index in [0.29, 0.717) is 11.3 Å². The second kappa shape index (κ2) is 5.94. The predicted octanol–water partition coefficient (Wildman–Crippen LogP) is 1.27. The maximum atomic E-state index is 12.3. The topological polar surface area (TPSA) is 66.6 Å². The minimum absolute atomic E-state index is 0.0190. The van der Waals surface area contributed by atoms with Crippen LogP contribution in [-0.2, 0) is 4.79 Å². The van der Waals surface area contributed by atoms with Crippen LogP contribution >= 0.6 is 0 Å². The zero-order valence-electron chi connectivity index (χ0n) is 12.1. The minimum Gasteiger partial charge on any atom is -0.399 e. The van der Waals surface area contributed by atoms with Crippen molar-refractivity contribution in [2.45, 2.75) is 19.8 Å². The first-order chi connectivity index (χ1) is 9.49. The number of likely N-dealkylation sites (tertiary alicyclic amines) is 1. The quantitative estimate of drug-likeness (QED) is 0.845. The molecule has 1 saturated heterocycles. The Morgan fingerprint density at radius 3 is 2.55 bits per heavy atom. The molecule has 2 amide bonds. The normalized spacial score (nSPS) is 14.4. The molecule has 0 saturated carbocycles. The van der Waals surface area contributed by atoms with E-state index in [-0.39, 0.29) is 18.4 Å². The SMILES string of the molecule is Cc1cc(C(=O)N(C)CC(=O)N2CCCC2)ccc1N. The van der Waals surface area contributed by atoms with E-state index in [1.165, 1.54) is 4.90 Å². The van der Waals surface area contributed by atoms with E-state index < -0.39 is 0 Å². The molecule has 108 valence electrons. The largest absolute Gasteiger partial charge is 0.399 e. The van der Waals surface area contributed by atoms with Crippen molar-refractivity contribution < 1.29 is 9.59 Å². The molecule has 0 radical (unpaired) electrons. The molecular formula is C15H21N3O2. The lowest BCUT2D eigenvalue weighted by Crippen LogP contribution is -2.39. The highest BCUT2D eigenvalue weighted by Gasteiger charge is 2.21. The van der Waals surface area contributed by atoms with Gasteiger partial charge in [0.1, 0.15) is 0 Å². The van der Waals surface area contributed by atoms with Crippen LogP contribution in [0.2, 0.25) is 0 Å². The van der Waals surface area contributed by atoms with Crippen LogP contribution in [0, 0.1) is 6.92 Å². The van der Waals surface area contributed by atoms with Crippen LogP contribution in [0.4, 0.5) is 5.69 Å². The van der Waals surface area contributed by atoms with Gasteiger partial charge in [0.25, 0.3) is 5.91 Å². The second-order valence-corrected chi connectivity index (χ2v) is 5.32. The third-order valence-electron chi connectivity index (χ3n) is 3.69. The van der Waals surface area contributed by atoms with E-state index >= 15 is 0 Å². The highest BCUT2D eigenvalue weighted by molar-refractivity contribution is 5.96. The van der Waals surface area contributed by atoms with Gasteiger partial charge in [-0.2, -0.15) is 0 Å². The van der Waals surface area contributed by atoms with Gasteiger partial charge in [0.15, 0.2) is 0 Å². The molecule has 0 spiro atoms. The zero-order valence-corrected chi connectivity index (χ0v) is 12.1. The van der Waals surface area contributed by atoms with Crippen LogP contribution in [0.1, 0.15) is 28.8 Å². The first-order valence-corrected chi connectivity index (χ1v) is 6.88. The zero-order chi connectivity index (χ0) is 14.7. The van der Waals surface area contributed by atoms with Gasteiger partial charge in [0.05, 0.1) is 6.54 Å². The number of anilines is 1. The van der Waals surface area contributed by atoms with Crippen molar-refractivity contribution in [1.29, 1.82) is 0 Å². The molecule has 0 unspecified atom stereocenters. The number of aryl methyl sites for hydroxylation is 1. The highest BCUT2D eigenvalue weighted by Crippen LogP contribution is 2.14. The number of nitrogens with zero attached hydrogens (tertiary/aromatic N) is 2. The van der Waals surface area contributed by atoms with Crippen LogP contribution in [-0.4, -0.2) is 48.3 Å². The Hall–Kier alpha value is -2.04. The van der Waals surface area contributed by atoms with E-state index in [1.807, 2.05) is 11.8 Å². The van der Waals surface area contributed by atoms with Gasteiger partial charge in [0, 0.05) is 31.4 Å². The molecule has 1 aliphatic heterocycles.